The second-order valence-corrected chi connectivity index (χ2v) is 10.8. The van der Waals surface area contributed by atoms with Crippen LogP contribution in [0, 0.1) is 0 Å². The first-order valence-corrected chi connectivity index (χ1v) is 13.5. The van der Waals surface area contributed by atoms with Crippen molar-refractivity contribution in [3.63, 3.8) is 0 Å². The summed E-state index contributed by atoms with van der Waals surface area (Å²) < 4.78 is 38.8. The highest BCUT2D eigenvalue weighted by Crippen LogP contribution is 2.47. The molecule has 0 spiro atoms. The number of aromatic nitrogens is 2. The van der Waals surface area contributed by atoms with Crippen molar-refractivity contribution in [1.82, 2.24) is 20.2 Å². The van der Waals surface area contributed by atoms with Gasteiger partial charge >= 0.3 is 6.18 Å². The Morgan fingerprint density at radius 3 is 2.26 bits per heavy atom. The Morgan fingerprint density at radius 1 is 1.00 bits per heavy atom. The molecule has 3 aromatic rings. The van der Waals surface area contributed by atoms with Crippen LogP contribution in [0.2, 0.25) is 5.02 Å². The van der Waals surface area contributed by atoms with Gasteiger partial charge in [0.15, 0.2) is 0 Å². The number of anilines is 1. The number of halogens is 4. The molecule has 1 aromatic heterocycles. The largest absolute Gasteiger partial charge is 0.416 e. The SMILES string of the molecule is CN1CCN(c2ncc(C(=O)NCc3ccc(C(F)(F)F)cc3)c(C3(c4ccc(Cl)cc4)CCCC3)n2)CC1. The lowest BCUT2D eigenvalue weighted by Gasteiger charge is -2.35. The molecule has 10 heteroatoms. The van der Waals surface area contributed by atoms with Crippen LogP contribution in [0.3, 0.4) is 0 Å². The molecule has 1 saturated heterocycles. The van der Waals surface area contributed by atoms with Crippen LogP contribution in [0.25, 0.3) is 0 Å². The third-order valence-corrected chi connectivity index (χ3v) is 8.10. The number of hydrogen-bond donors (Lipinski definition) is 1. The average Bonchev–Trinajstić information content (AvgIpc) is 3.43. The zero-order valence-corrected chi connectivity index (χ0v) is 22.5. The van der Waals surface area contributed by atoms with E-state index in [1.54, 1.807) is 6.20 Å². The third kappa shape index (κ3) is 5.89. The summed E-state index contributed by atoms with van der Waals surface area (Å²) in [6.45, 7) is 3.48. The summed E-state index contributed by atoms with van der Waals surface area (Å²) in [5.41, 5.74) is 1.52. The zero-order chi connectivity index (χ0) is 27.6. The number of carbonyl (C=O) groups is 1. The van der Waals surface area contributed by atoms with E-state index in [2.05, 4.69) is 27.1 Å². The highest BCUT2D eigenvalue weighted by molar-refractivity contribution is 6.30. The van der Waals surface area contributed by atoms with E-state index in [1.807, 2.05) is 24.3 Å². The highest BCUT2D eigenvalue weighted by Gasteiger charge is 2.42. The summed E-state index contributed by atoms with van der Waals surface area (Å²) in [6.07, 6.45) is 0.886. The Labute approximate surface area is 231 Å². The lowest BCUT2D eigenvalue weighted by molar-refractivity contribution is -0.137. The number of nitrogens with zero attached hydrogens (tertiary/aromatic N) is 4. The fourth-order valence-electron chi connectivity index (χ4n) is 5.56. The first-order valence-electron chi connectivity index (χ1n) is 13.2. The van der Waals surface area contributed by atoms with Gasteiger partial charge in [-0.25, -0.2) is 9.97 Å². The number of benzene rings is 2. The lowest BCUT2D eigenvalue weighted by atomic mass is 9.74. The Kier molecular flexibility index (Phi) is 7.82. The quantitative estimate of drug-likeness (QED) is 0.422. The van der Waals surface area contributed by atoms with Gasteiger partial charge in [-0.3, -0.25) is 4.79 Å². The average molecular weight is 558 g/mol. The number of hydrogen-bond acceptors (Lipinski definition) is 5. The molecule has 206 valence electrons. The van der Waals surface area contributed by atoms with E-state index >= 15 is 0 Å². The van der Waals surface area contributed by atoms with Crippen LogP contribution in [-0.2, 0) is 18.1 Å². The van der Waals surface area contributed by atoms with Gasteiger partial charge in [-0.05, 0) is 55.3 Å². The molecule has 0 unspecified atom stereocenters. The molecular weight excluding hydrogens is 527 g/mol. The molecule has 2 aromatic carbocycles. The minimum absolute atomic E-state index is 0.0879. The highest BCUT2D eigenvalue weighted by atomic mass is 35.5. The molecule has 2 aliphatic rings. The van der Waals surface area contributed by atoms with Crippen LogP contribution in [0.15, 0.2) is 54.7 Å². The summed E-state index contributed by atoms with van der Waals surface area (Å²) in [7, 11) is 2.09. The van der Waals surface area contributed by atoms with Crippen LogP contribution >= 0.6 is 11.6 Å². The van der Waals surface area contributed by atoms with Crippen molar-refractivity contribution in [1.29, 1.82) is 0 Å². The normalized spacial score (nSPS) is 17.8. The number of rotatable bonds is 6. The van der Waals surface area contributed by atoms with Crippen molar-refractivity contribution in [3.8, 4) is 0 Å². The predicted octanol–water partition coefficient (Wildman–Crippen LogP) is 5.69. The molecule has 1 N–H and O–H groups in total. The zero-order valence-electron chi connectivity index (χ0n) is 21.8. The van der Waals surface area contributed by atoms with Crippen LogP contribution in [-0.4, -0.2) is 54.0 Å². The fraction of sp³-hybridized carbons (Fsp3) is 0.414. The van der Waals surface area contributed by atoms with Gasteiger partial charge in [-0.2, -0.15) is 13.2 Å². The smallest absolute Gasteiger partial charge is 0.348 e. The lowest BCUT2D eigenvalue weighted by Crippen LogP contribution is -2.45. The Bertz CT molecular complexity index is 1300. The summed E-state index contributed by atoms with van der Waals surface area (Å²) >= 11 is 6.20. The summed E-state index contributed by atoms with van der Waals surface area (Å²) in [6, 6.07) is 12.5. The molecule has 1 amide bonds. The van der Waals surface area contributed by atoms with Crippen molar-refractivity contribution in [3.05, 3.63) is 87.7 Å². The number of amides is 1. The fourth-order valence-corrected chi connectivity index (χ4v) is 5.69. The van der Waals surface area contributed by atoms with E-state index in [1.165, 1.54) is 12.1 Å². The van der Waals surface area contributed by atoms with Crippen molar-refractivity contribution in [2.45, 2.75) is 43.8 Å². The molecule has 5 rings (SSSR count). The maximum Gasteiger partial charge on any atom is 0.416 e. The van der Waals surface area contributed by atoms with Crippen LogP contribution < -0.4 is 10.2 Å². The molecular formula is C29H31ClF3N5O. The number of alkyl halides is 3. The van der Waals surface area contributed by atoms with Gasteiger partial charge in [0.1, 0.15) is 0 Å². The van der Waals surface area contributed by atoms with Gasteiger partial charge in [0.05, 0.1) is 16.8 Å². The van der Waals surface area contributed by atoms with Gasteiger partial charge in [-0.15, -0.1) is 0 Å². The number of likely N-dealkylation sites (N-methyl/N-ethyl adjacent to an activating group) is 1. The maximum atomic E-state index is 13.6. The van der Waals surface area contributed by atoms with E-state index in [9.17, 15) is 18.0 Å². The molecule has 6 nitrogen and oxygen atoms in total. The van der Waals surface area contributed by atoms with E-state index in [0.717, 1.165) is 69.6 Å². The molecule has 2 fully saturated rings. The van der Waals surface area contributed by atoms with E-state index < -0.39 is 17.2 Å². The predicted molar refractivity (Wildman–Crippen MR) is 145 cm³/mol. The first-order chi connectivity index (χ1) is 18.7. The van der Waals surface area contributed by atoms with Crippen molar-refractivity contribution in [2.75, 3.05) is 38.1 Å². The van der Waals surface area contributed by atoms with Gasteiger partial charge in [0, 0.05) is 49.4 Å². The van der Waals surface area contributed by atoms with Crippen LogP contribution in [0.4, 0.5) is 19.1 Å². The molecule has 0 atom stereocenters. The van der Waals surface area contributed by atoms with Gasteiger partial charge in [-0.1, -0.05) is 48.7 Å². The van der Waals surface area contributed by atoms with Gasteiger partial charge < -0.3 is 15.1 Å². The topological polar surface area (TPSA) is 61.4 Å². The van der Waals surface area contributed by atoms with Crippen molar-refractivity contribution in [2.24, 2.45) is 0 Å². The van der Waals surface area contributed by atoms with Gasteiger partial charge in [0.25, 0.3) is 5.91 Å². The summed E-state index contributed by atoms with van der Waals surface area (Å²) in [4.78, 5) is 27.6. The standard InChI is InChI=1S/C29H31ClF3N5O/c1-37-14-16-38(17-15-37)27-35-19-24(26(39)34-18-20-4-6-22(7-5-20)29(31,32)33)25(36-27)28(12-2-3-13-28)21-8-10-23(30)11-9-21/h4-11,19H,2-3,12-18H2,1H3,(H,34,39). The summed E-state index contributed by atoms with van der Waals surface area (Å²) in [5, 5.41) is 3.52. The number of carbonyl (C=O) groups excluding carboxylic acids is 1. The number of piperazine rings is 1. The Hall–Kier alpha value is -3.17. The van der Waals surface area contributed by atoms with Crippen LogP contribution in [0.1, 0.15) is 58.4 Å². The number of nitrogens with one attached hydrogen (secondary N) is 1. The second kappa shape index (κ2) is 11.1. The first kappa shape index (κ1) is 27.4. The Balaban J connectivity index is 1.48. The maximum absolute atomic E-state index is 13.6. The Morgan fingerprint density at radius 2 is 1.64 bits per heavy atom. The van der Waals surface area contributed by atoms with Crippen LogP contribution in [0.5, 0.6) is 0 Å². The molecule has 2 heterocycles. The van der Waals surface area contributed by atoms with Crippen molar-refractivity contribution < 1.29 is 18.0 Å². The monoisotopic (exact) mass is 557 g/mol. The molecule has 1 aliphatic heterocycles. The second-order valence-electron chi connectivity index (χ2n) is 10.4. The van der Waals surface area contributed by atoms with E-state index in [0.29, 0.717) is 27.8 Å². The van der Waals surface area contributed by atoms with E-state index in [4.69, 9.17) is 16.6 Å². The molecule has 1 aliphatic carbocycles. The van der Waals surface area contributed by atoms with E-state index in [-0.39, 0.29) is 12.5 Å². The van der Waals surface area contributed by atoms with Crippen molar-refractivity contribution >= 4 is 23.5 Å². The molecule has 1 saturated carbocycles. The minimum Gasteiger partial charge on any atom is -0.348 e. The molecule has 0 radical (unpaired) electrons. The third-order valence-electron chi connectivity index (χ3n) is 7.85. The summed E-state index contributed by atoms with van der Waals surface area (Å²) in [5.74, 6) is 0.257. The van der Waals surface area contributed by atoms with Gasteiger partial charge in [0.2, 0.25) is 5.95 Å². The minimum atomic E-state index is -4.41. The molecule has 0 bridgehead atoms. The molecule has 39 heavy (non-hydrogen) atoms.